The van der Waals surface area contributed by atoms with Gasteiger partial charge in [-0.05, 0) is 66.4 Å². The van der Waals surface area contributed by atoms with Gasteiger partial charge in [-0.2, -0.15) is 5.26 Å². The Hall–Kier alpha value is -4.82. The molecule has 4 N–H and O–H groups in total. The lowest BCUT2D eigenvalue weighted by Crippen LogP contribution is -2.37. The first kappa shape index (κ1) is 31.6. The molecule has 0 fully saturated rings. The van der Waals surface area contributed by atoms with Crippen molar-refractivity contribution >= 4 is 17.6 Å². The maximum absolute atomic E-state index is 11.7. The number of hydrogen-bond acceptors (Lipinski definition) is 9. The van der Waals surface area contributed by atoms with Crippen molar-refractivity contribution in [1.29, 1.82) is 5.26 Å². The first-order chi connectivity index (χ1) is 21.9. The van der Waals surface area contributed by atoms with Gasteiger partial charge in [-0.3, -0.25) is 9.78 Å². The van der Waals surface area contributed by atoms with E-state index in [9.17, 15) is 15.2 Å². The molecule has 0 bridgehead atoms. The van der Waals surface area contributed by atoms with Crippen LogP contribution in [0.4, 0.5) is 0 Å². The summed E-state index contributed by atoms with van der Waals surface area (Å²) in [4.78, 5) is 15.8. The Morgan fingerprint density at radius 1 is 1.07 bits per heavy atom. The van der Waals surface area contributed by atoms with Crippen LogP contribution in [0.25, 0.3) is 11.1 Å². The number of hydrogen-bond donors (Lipinski definition) is 3. The first-order valence-corrected chi connectivity index (χ1v) is 14.8. The number of nitrogens with one attached hydrogen (secondary N) is 1. The average molecular weight is 629 g/mol. The molecule has 1 aromatic heterocycles. The number of benzene rings is 3. The molecule has 1 aliphatic heterocycles. The lowest BCUT2D eigenvalue weighted by atomic mass is 9.96. The van der Waals surface area contributed by atoms with E-state index < -0.39 is 12.0 Å². The van der Waals surface area contributed by atoms with Crippen molar-refractivity contribution < 1.29 is 28.8 Å². The van der Waals surface area contributed by atoms with Crippen molar-refractivity contribution in [3.05, 3.63) is 99.8 Å². The van der Waals surface area contributed by atoms with Crippen molar-refractivity contribution in [2.75, 3.05) is 19.8 Å². The summed E-state index contributed by atoms with van der Waals surface area (Å²) >= 11 is 6.68. The van der Waals surface area contributed by atoms with Gasteiger partial charge in [-0.1, -0.05) is 35.9 Å². The molecule has 232 valence electrons. The number of nitriles is 1. The van der Waals surface area contributed by atoms with E-state index in [2.05, 4.69) is 22.4 Å². The maximum atomic E-state index is 11.7. The fraction of sp³-hybridized carbons (Fsp3) is 0.265. The largest absolute Gasteiger partial charge is 0.488 e. The summed E-state index contributed by atoms with van der Waals surface area (Å²) in [5.74, 6) is 1.31. The van der Waals surface area contributed by atoms with Gasteiger partial charge in [0.25, 0.3) is 0 Å². The average Bonchev–Trinajstić information content (AvgIpc) is 3.05. The van der Waals surface area contributed by atoms with Gasteiger partial charge in [-0.15, -0.1) is 0 Å². The minimum absolute atomic E-state index is 0.123. The topological polar surface area (TPSA) is 149 Å². The summed E-state index contributed by atoms with van der Waals surface area (Å²) in [5, 5.41) is 22.1. The van der Waals surface area contributed by atoms with Crippen LogP contribution in [-0.2, 0) is 24.6 Å². The van der Waals surface area contributed by atoms with Crippen molar-refractivity contribution in [3.63, 3.8) is 0 Å². The second-order valence-corrected chi connectivity index (χ2v) is 10.9. The van der Waals surface area contributed by atoms with Crippen LogP contribution in [0, 0.1) is 18.3 Å². The number of ether oxygens (including phenoxy) is 4. The molecule has 4 aromatic rings. The first-order valence-electron chi connectivity index (χ1n) is 14.4. The van der Waals surface area contributed by atoms with Gasteiger partial charge in [0.05, 0.1) is 10.6 Å². The highest BCUT2D eigenvalue weighted by molar-refractivity contribution is 6.32. The molecule has 3 aromatic carbocycles. The number of aromatic nitrogens is 1. The highest BCUT2D eigenvalue weighted by atomic mass is 35.5. The number of nitrogens with zero attached hydrogens (tertiary/aromatic N) is 2. The van der Waals surface area contributed by atoms with Crippen LogP contribution in [0.5, 0.6) is 23.0 Å². The van der Waals surface area contributed by atoms with Crippen LogP contribution in [0.3, 0.4) is 0 Å². The third-order valence-corrected chi connectivity index (χ3v) is 7.70. The Morgan fingerprint density at radius 3 is 2.64 bits per heavy atom. The van der Waals surface area contributed by atoms with Crippen molar-refractivity contribution in [1.82, 2.24) is 10.3 Å². The number of aliphatic carboxylic acids is 1. The fourth-order valence-electron chi connectivity index (χ4n) is 4.98. The minimum Gasteiger partial charge on any atom is -0.488 e. The highest BCUT2D eigenvalue weighted by Crippen LogP contribution is 2.37. The van der Waals surface area contributed by atoms with E-state index >= 15 is 0 Å². The van der Waals surface area contributed by atoms with Crippen molar-refractivity contribution in [2.45, 2.75) is 39.1 Å². The molecule has 11 heteroatoms. The Bertz CT molecular complexity index is 1720. The molecule has 0 amide bonds. The normalized spacial score (nSPS) is 12.7. The Labute approximate surface area is 266 Å². The quantitative estimate of drug-likeness (QED) is 0.176. The van der Waals surface area contributed by atoms with Crippen LogP contribution in [0.15, 0.2) is 67.0 Å². The smallest absolute Gasteiger partial charge is 0.320 e. The highest BCUT2D eigenvalue weighted by Gasteiger charge is 2.19. The van der Waals surface area contributed by atoms with E-state index in [1.165, 1.54) is 6.20 Å². The van der Waals surface area contributed by atoms with Crippen LogP contribution in [-0.4, -0.2) is 41.9 Å². The summed E-state index contributed by atoms with van der Waals surface area (Å²) < 4.78 is 23.8. The molecule has 1 unspecified atom stereocenters. The molecular formula is C34H33ClN4O6. The van der Waals surface area contributed by atoms with E-state index in [0.717, 1.165) is 33.8 Å². The number of carboxylic acids is 1. The molecule has 0 saturated heterocycles. The molecule has 0 saturated carbocycles. The Morgan fingerprint density at radius 2 is 1.87 bits per heavy atom. The molecule has 0 aliphatic carbocycles. The summed E-state index contributed by atoms with van der Waals surface area (Å²) in [6, 6.07) is 18.3. The monoisotopic (exact) mass is 628 g/mol. The molecule has 10 nitrogen and oxygen atoms in total. The standard InChI is InChI=1S/C34H33ClN4O6/c1-21-25(3-2-4-27(21)24-5-6-30-33(13-24)43-10-9-42-30)20-45-32-14-31(44-19-23-11-22(15-37)16-38-17-23)26(12-28(32)35)18-39-29(7-8-36)34(40)41/h2-6,11-14,16-17,29,39H,7-10,18-20,36H2,1H3,(H,40,41). The summed E-state index contributed by atoms with van der Waals surface area (Å²) in [6.45, 7) is 3.84. The molecule has 45 heavy (non-hydrogen) atoms. The number of halogens is 1. The molecule has 1 aliphatic rings. The van der Waals surface area contributed by atoms with Gasteiger partial charge in [-0.25, -0.2) is 0 Å². The number of rotatable bonds is 13. The Kier molecular flexibility index (Phi) is 10.4. The van der Waals surface area contributed by atoms with Crippen molar-refractivity contribution in [2.24, 2.45) is 5.73 Å². The number of pyridine rings is 1. The maximum Gasteiger partial charge on any atom is 0.320 e. The van der Waals surface area contributed by atoms with Gasteiger partial charge >= 0.3 is 5.97 Å². The van der Waals surface area contributed by atoms with Gasteiger partial charge in [0, 0.05) is 36.1 Å². The van der Waals surface area contributed by atoms with Gasteiger partial charge in [0.15, 0.2) is 11.5 Å². The summed E-state index contributed by atoms with van der Waals surface area (Å²) in [5.41, 5.74) is 11.4. The van der Waals surface area contributed by atoms with Gasteiger partial charge < -0.3 is 35.1 Å². The lowest BCUT2D eigenvalue weighted by molar-refractivity contribution is -0.139. The zero-order valence-electron chi connectivity index (χ0n) is 24.7. The van der Waals surface area contributed by atoms with Crippen LogP contribution in [0.2, 0.25) is 5.02 Å². The second kappa shape index (κ2) is 14.8. The third-order valence-electron chi connectivity index (χ3n) is 7.41. The molecule has 1 atom stereocenters. The predicted molar refractivity (Wildman–Crippen MR) is 169 cm³/mol. The number of carbonyl (C=O) groups is 1. The summed E-state index contributed by atoms with van der Waals surface area (Å²) in [7, 11) is 0. The van der Waals surface area contributed by atoms with E-state index in [0.29, 0.717) is 46.4 Å². The van der Waals surface area contributed by atoms with Crippen LogP contribution < -0.4 is 30.0 Å². The van der Waals surface area contributed by atoms with E-state index in [4.69, 9.17) is 36.3 Å². The molecule has 5 rings (SSSR count). The second-order valence-electron chi connectivity index (χ2n) is 10.5. The summed E-state index contributed by atoms with van der Waals surface area (Å²) in [6.07, 6.45) is 3.35. The zero-order valence-corrected chi connectivity index (χ0v) is 25.5. The Balaban J connectivity index is 1.37. The van der Waals surface area contributed by atoms with E-state index in [1.54, 1.807) is 24.4 Å². The zero-order chi connectivity index (χ0) is 31.8. The number of carboxylic acid groups (broad SMARTS) is 1. The lowest BCUT2D eigenvalue weighted by Gasteiger charge is -2.20. The molecule has 2 heterocycles. The minimum atomic E-state index is -0.998. The van der Waals surface area contributed by atoms with E-state index in [-0.39, 0.29) is 32.7 Å². The molecule has 0 radical (unpaired) electrons. The SMILES string of the molecule is Cc1c(COc2cc(OCc3cncc(C#N)c3)c(CNC(CCN)C(=O)O)cc2Cl)cccc1-c1ccc2c(c1)OCCO2. The van der Waals surface area contributed by atoms with Crippen LogP contribution >= 0.6 is 11.6 Å². The third kappa shape index (κ3) is 7.83. The molecule has 0 spiro atoms. The predicted octanol–water partition coefficient (Wildman–Crippen LogP) is 5.40. The number of nitrogens with two attached hydrogens (primary N) is 1. The van der Waals surface area contributed by atoms with E-state index in [1.807, 2.05) is 37.3 Å². The number of fused-ring (bicyclic) bond motifs is 1. The van der Waals surface area contributed by atoms with Crippen molar-refractivity contribution in [3.8, 4) is 40.2 Å². The molecular weight excluding hydrogens is 596 g/mol. The fourth-order valence-corrected chi connectivity index (χ4v) is 5.22. The van der Waals surface area contributed by atoms with Gasteiger partial charge in [0.2, 0.25) is 0 Å². The van der Waals surface area contributed by atoms with Gasteiger partial charge in [0.1, 0.15) is 50.0 Å². The van der Waals surface area contributed by atoms with Crippen LogP contribution in [0.1, 0.15) is 34.2 Å².